The van der Waals surface area contributed by atoms with E-state index in [4.69, 9.17) is 11.2 Å². The number of phenolic OH excluding ortho intramolecular Hbond substituents is 1. The first-order valence-corrected chi connectivity index (χ1v) is 4.16. The molecule has 0 aromatic heterocycles. The second kappa shape index (κ2) is 4.42. The maximum absolute atomic E-state index is 9.63. The molecule has 68 valence electrons. The first-order valence-electron chi connectivity index (χ1n) is 4.16. The summed E-state index contributed by atoms with van der Waals surface area (Å²) in [6.45, 7) is 2.40. The average molecular weight is 176 g/mol. The lowest BCUT2D eigenvalue weighted by Crippen LogP contribution is -1.93. The molecular weight excluding hydrogens is 164 g/mol. The number of aromatic hydroxyl groups is 1. The molecule has 0 aliphatic heterocycles. The Kier molecular flexibility index (Phi) is 3.22. The zero-order chi connectivity index (χ0) is 9.68. The molecule has 2 heteroatoms. The summed E-state index contributed by atoms with van der Waals surface area (Å²) in [5.74, 6) is 3.13. The molecule has 13 heavy (non-hydrogen) atoms. The van der Waals surface area contributed by atoms with E-state index < -0.39 is 0 Å². The molecule has 0 aliphatic carbocycles. The molecule has 1 aromatic carbocycles. The minimum absolute atomic E-state index is 0.155. The average Bonchev–Trinajstić information content (AvgIpc) is 2.13. The van der Waals surface area contributed by atoms with E-state index in [2.05, 4.69) is 5.92 Å². The molecule has 1 N–H and O–H groups in total. The minimum Gasteiger partial charge on any atom is -0.504 e. The Morgan fingerprint density at radius 3 is 2.92 bits per heavy atom. The lowest BCUT2D eigenvalue weighted by Gasteiger charge is -2.07. The van der Waals surface area contributed by atoms with Crippen molar-refractivity contribution >= 4 is 0 Å². The second-order valence-electron chi connectivity index (χ2n) is 2.58. The van der Waals surface area contributed by atoms with Gasteiger partial charge in [0.25, 0.3) is 0 Å². The fourth-order valence-electron chi connectivity index (χ4n) is 1.09. The van der Waals surface area contributed by atoms with E-state index in [0.717, 1.165) is 5.56 Å². The molecule has 1 aromatic rings. The van der Waals surface area contributed by atoms with E-state index in [0.29, 0.717) is 18.8 Å². The molecular formula is C11H12O2. The van der Waals surface area contributed by atoms with Gasteiger partial charge in [0.05, 0.1) is 6.61 Å². The summed E-state index contributed by atoms with van der Waals surface area (Å²) in [6.07, 6.45) is 5.57. The second-order valence-corrected chi connectivity index (χ2v) is 2.58. The fourth-order valence-corrected chi connectivity index (χ4v) is 1.09. The zero-order valence-corrected chi connectivity index (χ0v) is 7.58. The van der Waals surface area contributed by atoms with Crippen molar-refractivity contribution in [1.29, 1.82) is 0 Å². The fraction of sp³-hybridized carbons (Fsp3) is 0.273. The smallest absolute Gasteiger partial charge is 0.161 e. The van der Waals surface area contributed by atoms with Gasteiger partial charge in [-0.25, -0.2) is 0 Å². The number of phenols is 1. The first kappa shape index (κ1) is 9.47. The molecule has 0 amide bonds. The Morgan fingerprint density at radius 1 is 1.54 bits per heavy atom. The number of benzene rings is 1. The van der Waals surface area contributed by atoms with Crippen LogP contribution in [0.3, 0.4) is 0 Å². The number of rotatable bonds is 3. The van der Waals surface area contributed by atoms with E-state index >= 15 is 0 Å². The Balaban J connectivity index is 2.97. The first-order chi connectivity index (χ1) is 6.29. The molecule has 0 spiro atoms. The molecule has 0 heterocycles. The van der Waals surface area contributed by atoms with Gasteiger partial charge in [0, 0.05) is 12.0 Å². The summed E-state index contributed by atoms with van der Waals surface area (Å²) in [6, 6.07) is 5.33. The van der Waals surface area contributed by atoms with Crippen molar-refractivity contribution in [3.63, 3.8) is 0 Å². The third-order valence-electron chi connectivity index (χ3n) is 1.67. The molecule has 0 saturated heterocycles. The Labute approximate surface area is 78.2 Å². The van der Waals surface area contributed by atoms with Crippen LogP contribution in [-0.2, 0) is 6.42 Å². The van der Waals surface area contributed by atoms with Crippen molar-refractivity contribution in [2.75, 3.05) is 6.61 Å². The van der Waals surface area contributed by atoms with Gasteiger partial charge in [-0.2, -0.15) is 0 Å². The van der Waals surface area contributed by atoms with Gasteiger partial charge in [-0.1, -0.05) is 12.1 Å². The highest BCUT2D eigenvalue weighted by molar-refractivity contribution is 5.46. The van der Waals surface area contributed by atoms with E-state index in [9.17, 15) is 5.11 Å². The van der Waals surface area contributed by atoms with Gasteiger partial charge < -0.3 is 9.84 Å². The molecule has 0 unspecified atom stereocenters. The van der Waals surface area contributed by atoms with Crippen LogP contribution in [0.15, 0.2) is 18.2 Å². The van der Waals surface area contributed by atoms with Crippen LogP contribution in [0.2, 0.25) is 0 Å². The van der Waals surface area contributed by atoms with E-state index in [1.165, 1.54) is 0 Å². The summed E-state index contributed by atoms with van der Waals surface area (Å²) in [5, 5.41) is 9.63. The number of terminal acetylenes is 1. The van der Waals surface area contributed by atoms with Crippen molar-refractivity contribution < 1.29 is 9.84 Å². The monoisotopic (exact) mass is 176 g/mol. The molecule has 0 saturated carbocycles. The van der Waals surface area contributed by atoms with Gasteiger partial charge in [-0.3, -0.25) is 0 Å². The van der Waals surface area contributed by atoms with Crippen LogP contribution in [0.4, 0.5) is 0 Å². The largest absolute Gasteiger partial charge is 0.504 e. The molecule has 2 nitrogen and oxygen atoms in total. The third-order valence-corrected chi connectivity index (χ3v) is 1.67. The number of para-hydroxylation sites is 1. The van der Waals surface area contributed by atoms with Crippen LogP contribution in [-0.4, -0.2) is 11.7 Å². The SMILES string of the molecule is C#CCc1cccc(OCC)c1O. The molecule has 0 fully saturated rings. The highest BCUT2D eigenvalue weighted by Gasteiger charge is 2.05. The van der Waals surface area contributed by atoms with Gasteiger partial charge in [-0.15, -0.1) is 12.3 Å². The highest BCUT2D eigenvalue weighted by Crippen LogP contribution is 2.29. The van der Waals surface area contributed by atoms with Gasteiger partial charge >= 0.3 is 0 Å². The highest BCUT2D eigenvalue weighted by atomic mass is 16.5. The molecule has 0 bridgehead atoms. The van der Waals surface area contributed by atoms with Crippen LogP contribution in [0.5, 0.6) is 11.5 Å². The Bertz CT molecular complexity index is 323. The van der Waals surface area contributed by atoms with E-state index in [1.54, 1.807) is 12.1 Å². The van der Waals surface area contributed by atoms with Crippen molar-refractivity contribution in [3.8, 4) is 23.8 Å². The van der Waals surface area contributed by atoms with Crippen LogP contribution in [0.1, 0.15) is 12.5 Å². The zero-order valence-electron chi connectivity index (χ0n) is 7.58. The number of hydrogen-bond donors (Lipinski definition) is 1. The van der Waals surface area contributed by atoms with Crippen molar-refractivity contribution in [1.82, 2.24) is 0 Å². The Morgan fingerprint density at radius 2 is 2.31 bits per heavy atom. The summed E-state index contributed by atoms with van der Waals surface area (Å²) in [7, 11) is 0. The maximum Gasteiger partial charge on any atom is 0.161 e. The lowest BCUT2D eigenvalue weighted by molar-refractivity contribution is 0.317. The van der Waals surface area contributed by atoms with E-state index in [1.807, 2.05) is 13.0 Å². The normalized spacial score (nSPS) is 9.23. The van der Waals surface area contributed by atoms with Crippen molar-refractivity contribution in [3.05, 3.63) is 23.8 Å². The van der Waals surface area contributed by atoms with Gasteiger partial charge in [0.1, 0.15) is 0 Å². The summed E-state index contributed by atoms with van der Waals surface area (Å²) >= 11 is 0. The third kappa shape index (κ3) is 2.16. The predicted octanol–water partition coefficient (Wildman–Crippen LogP) is 1.97. The predicted molar refractivity (Wildman–Crippen MR) is 51.8 cm³/mol. The standard InChI is InChI=1S/C11H12O2/c1-3-6-9-7-5-8-10(11(9)12)13-4-2/h1,5,7-8,12H,4,6H2,2H3. The van der Waals surface area contributed by atoms with Crippen molar-refractivity contribution in [2.45, 2.75) is 13.3 Å². The van der Waals surface area contributed by atoms with Crippen molar-refractivity contribution in [2.24, 2.45) is 0 Å². The Hall–Kier alpha value is -1.62. The summed E-state index contributed by atoms with van der Waals surface area (Å²) < 4.78 is 5.21. The quantitative estimate of drug-likeness (QED) is 0.713. The van der Waals surface area contributed by atoms with Gasteiger partial charge in [-0.05, 0) is 13.0 Å². The van der Waals surface area contributed by atoms with Gasteiger partial charge in [0.15, 0.2) is 11.5 Å². The van der Waals surface area contributed by atoms with Crippen LogP contribution < -0.4 is 4.74 Å². The number of ether oxygens (including phenoxy) is 1. The molecule has 1 rings (SSSR count). The molecule has 0 radical (unpaired) electrons. The summed E-state index contributed by atoms with van der Waals surface area (Å²) in [4.78, 5) is 0. The number of hydrogen-bond acceptors (Lipinski definition) is 2. The van der Waals surface area contributed by atoms with Crippen LogP contribution >= 0.6 is 0 Å². The maximum atomic E-state index is 9.63. The molecule has 0 atom stereocenters. The van der Waals surface area contributed by atoms with Crippen LogP contribution in [0, 0.1) is 12.3 Å². The summed E-state index contributed by atoms with van der Waals surface area (Å²) in [5.41, 5.74) is 0.730. The minimum atomic E-state index is 0.155. The lowest BCUT2D eigenvalue weighted by atomic mass is 10.1. The molecule has 0 aliphatic rings. The van der Waals surface area contributed by atoms with Gasteiger partial charge in [0.2, 0.25) is 0 Å². The topological polar surface area (TPSA) is 29.5 Å². The van der Waals surface area contributed by atoms with Crippen LogP contribution in [0.25, 0.3) is 0 Å². The van der Waals surface area contributed by atoms with E-state index in [-0.39, 0.29) is 5.75 Å².